The van der Waals surface area contributed by atoms with Crippen LogP contribution >= 0.6 is 0 Å². The number of likely N-dealkylation sites (tertiary alicyclic amines) is 1. The summed E-state index contributed by atoms with van der Waals surface area (Å²) in [6.07, 6.45) is 1.82. The first-order valence-electron chi connectivity index (χ1n) is 4.87. The van der Waals surface area contributed by atoms with Gasteiger partial charge in [-0.15, -0.1) is 0 Å². The fraction of sp³-hybridized carbons (Fsp3) is 0.500. The molecular weight excluding hydrogens is 198 g/mol. The van der Waals surface area contributed by atoms with Crippen molar-refractivity contribution in [3.8, 4) is 0 Å². The topological polar surface area (TPSA) is 73.9 Å². The van der Waals surface area contributed by atoms with E-state index < -0.39 is 5.97 Å². The molecule has 0 spiro atoms. The van der Waals surface area contributed by atoms with Crippen LogP contribution in [0.25, 0.3) is 0 Å². The normalized spacial score (nSPS) is 22.1. The van der Waals surface area contributed by atoms with Crippen molar-refractivity contribution >= 4 is 5.97 Å². The second-order valence-electron chi connectivity index (χ2n) is 3.74. The highest BCUT2D eigenvalue weighted by Gasteiger charge is 2.23. The second-order valence-corrected chi connectivity index (χ2v) is 3.74. The Kier molecular flexibility index (Phi) is 2.75. The SMILES string of the molecule is O=C(O)c1ccoc1CN1CCC(O)C1. The number of carbonyl (C=O) groups is 1. The van der Waals surface area contributed by atoms with Crippen LogP contribution in [-0.4, -0.2) is 40.3 Å². The zero-order chi connectivity index (χ0) is 10.8. The van der Waals surface area contributed by atoms with E-state index in [-0.39, 0.29) is 11.7 Å². The minimum absolute atomic E-state index is 0.205. The highest BCUT2D eigenvalue weighted by atomic mass is 16.4. The lowest BCUT2D eigenvalue weighted by atomic mass is 10.2. The summed E-state index contributed by atoms with van der Waals surface area (Å²) in [5.74, 6) is -0.518. The summed E-state index contributed by atoms with van der Waals surface area (Å²) in [6.45, 7) is 1.81. The van der Waals surface area contributed by atoms with Crippen molar-refractivity contribution in [1.82, 2.24) is 4.90 Å². The highest BCUT2D eigenvalue weighted by Crippen LogP contribution is 2.17. The number of hydrogen-bond donors (Lipinski definition) is 2. The molecule has 1 atom stereocenters. The first-order chi connectivity index (χ1) is 7.16. The zero-order valence-electron chi connectivity index (χ0n) is 8.22. The zero-order valence-corrected chi connectivity index (χ0v) is 8.22. The minimum Gasteiger partial charge on any atom is -0.478 e. The molecule has 0 bridgehead atoms. The van der Waals surface area contributed by atoms with Gasteiger partial charge in [0.25, 0.3) is 0 Å². The van der Waals surface area contributed by atoms with E-state index in [2.05, 4.69) is 0 Å². The van der Waals surface area contributed by atoms with Gasteiger partial charge in [0.2, 0.25) is 0 Å². The molecule has 15 heavy (non-hydrogen) atoms. The number of β-amino-alcohol motifs (C(OH)–C–C–N with tert-alkyl or cyclic N) is 1. The van der Waals surface area contributed by atoms with E-state index in [0.717, 1.165) is 13.0 Å². The minimum atomic E-state index is -0.974. The van der Waals surface area contributed by atoms with Crippen molar-refractivity contribution in [2.75, 3.05) is 13.1 Å². The Morgan fingerprint density at radius 1 is 1.67 bits per heavy atom. The average Bonchev–Trinajstić information content (AvgIpc) is 2.75. The van der Waals surface area contributed by atoms with Gasteiger partial charge < -0.3 is 14.6 Å². The van der Waals surface area contributed by atoms with E-state index >= 15 is 0 Å². The van der Waals surface area contributed by atoms with Crippen LogP contribution in [0.5, 0.6) is 0 Å². The Bertz CT molecular complexity index is 360. The third kappa shape index (κ3) is 2.19. The molecule has 0 amide bonds. The highest BCUT2D eigenvalue weighted by molar-refractivity contribution is 5.88. The third-order valence-electron chi connectivity index (χ3n) is 2.59. The monoisotopic (exact) mass is 211 g/mol. The van der Waals surface area contributed by atoms with Crippen LogP contribution in [0, 0.1) is 0 Å². The molecular formula is C10H13NO4. The Morgan fingerprint density at radius 2 is 2.47 bits per heavy atom. The number of aromatic carboxylic acids is 1. The predicted octanol–water partition coefficient (Wildman–Crippen LogP) is 0.544. The molecule has 0 saturated carbocycles. The first kappa shape index (κ1) is 10.2. The van der Waals surface area contributed by atoms with E-state index in [1.54, 1.807) is 0 Å². The van der Waals surface area contributed by atoms with E-state index in [1.807, 2.05) is 4.90 Å². The van der Waals surface area contributed by atoms with Gasteiger partial charge in [-0.05, 0) is 12.5 Å². The molecule has 0 radical (unpaired) electrons. The molecule has 1 unspecified atom stereocenters. The molecule has 5 heteroatoms. The molecule has 82 valence electrons. The number of hydrogen-bond acceptors (Lipinski definition) is 4. The Balaban J connectivity index is 2.04. The standard InChI is InChI=1S/C10H13NO4/c12-7-1-3-11(5-7)6-9-8(10(13)14)2-4-15-9/h2,4,7,12H,1,3,5-6H2,(H,13,14). The molecule has 1 aliphatic heterocycles. The summed E-state index contributed by atoms with van der Waals surface area (Å²) in [4.78, 5) is 12.8. The number of nitrogens with zero attached hydrogens (tertiary/aromatic N) is 1. The van der Waals surface area contributed by atoms with Crippen molar-refractivity contribution in [2.24, 2.45) is 0 Å². The smallest absolute Gasteiger partial charge is 0.339 e. The lowest BCUT2D eigenvalue weighted by Crippen LogP contribution is -2.22. The van der Waals surface area contributed by atoms with Crippen LogP contribution in [0.2, 0.25) is 0 Å². The molecule has 5 nitrogen and oxygen atoms in total. The van der Waals surface area contributed by atoms with Crippen molar-refractivity contribution in [2.45, 2.75) is 19.1 Å². The van der Waals surface area contributed by atoms with Gasteiger partial charge in [0.05, 0.1) is 18.9 Å². The lowest BCUT2D eigenvalue weighted by Gasteiger charge is -2.12. The maximum absolute atomic E-state index is 10.8. The van der Waals surface area contributed by atoms with E-state index in [0.29, 0.717) is 18.8 Å². The van der Waals surface area contributed by atoms with Crippen LogP contribution in [0.3, 0.4) is 0 Å². The van der Waals surface area contributed by atoms with Crippen LogP contribution in [0.15, 0.2) is 16.7 Å². The average molecular weight is 211 g/mol. The Hall–Kier alpha value is -1.33. The van der Waals surface area contributed by atoms with E-state index in [9.17, 15) is 9.90 Å². The molecule has 1 aromatic rings. The van der Waals surface area contributed by atoms with Crippen molar-refractivity contribution in [1.29, 1.82) is 0 Å². The van der Waals surface area contributed by atoms with E-state index in [1.165, 1.54) is 12.3 Å². The molecule has 2 N–H and O–H groups in total. The quantitative estimate of drug-likeness (QED) is 0.763. The largest absolute Gasteiger partial charge is 0.478 e. The summed E-state index contributed by atoms with van der Waals surface area (Å²) in [7, 11) is 0. The Labute approximate surface area is 86.9 Å². The van der Waals surface area contributed by atoms with Gasteiger partial charge in [-0.2, -0.15) is 0 Å². The molecule has 1 aliphatic rings. The van der Waals surface area contributed by atoms with E-state index in [4.69, 9.17) is 9.52 Å². The van der Waals surface area contributed by atoms with Gasteiger partial charge in [0, 0.05) is 13.1 Å². The maximum Gasteiger partial charge on any atom is 0.339 e. The fourth-order valence-corrected chi connectivity index (χ4v) is 1.81. The van der Waals surface area contributed by atoms with Gasteiger partial charge in [-0.3, -0.25) is 4.90 Å². The molecule has 1 aromatic heterocycles. The van der Waals surface area contributed by atoms with Gasteiger partial charge >= 0.3 is 5.97 Å². The molecule has 1 fully saturated rings. The number of furan rings is 1. The molecule has 1 saturated heterocycles. The van der Waals surface area contributed by atoms with Crippen LogP contribution < -0.4 is 0 Å². The number of carboxylic acid groups (broad SMARTS) is 1. The fourth-order valence-electron chi connectivity index (χ4n) is 1.81. The van der Waals surface area contributed by atoms with Crippen molar-refractivity contribution in [3.63, 3.8) is 0 Å². The van der Waals surface area contributed by atoms with Crippen LogP contribution in [-0.2, 0) is 6.54 Å². The second kappa shape index (κ2) is 4.04. The number of rotatable bonds is 3. The van der Waals surface area contributed by atoms with Crippen molar-refractivity contribution < 1.29 is 19.4 Å². The Morgan fingerprint density at radius 3 is 3.07 bits per heavy atom. The molecule has 0 aliphatic carbocycles. The number of carboxylic acids is 1. The number of aliphatic hydroxyl groups is 1. The predicted molar refractivity (Wildman–Crippen MR) is 51.6 cm³/mol. The molecule has 0 aromatic carbocycles. The molecule has 2 rings (SSSR count). The summed E-state index contributed by atoms with van der Waals surface area (Å²) in [5, 5.41) is 18.2. The van der Waals surface area contributed by atoms with Crippen molar-refractivity contribution in [3.05, 3.63) is 23.7 Å². The first-order valence-corrected chi connectivity index (χ1v) is 4.87. The summed E-state index contributed by atoms with van der Waals surface area (Å²) >= 11 is 0. The maximum atomic E-state index is 10.8. The van der Waals surface area contributed by atoms with Gasteiger partial charge in [-0.25, -0.2) is 4.79 Å². The van der Waals surface area contributed by atoms with Crippen LogP contribution in [0.4, 0.5) is 0 Å². The summed E-state index contributed by atoms with van der Waals surface area (Å²) < 4.78 is 5.12. The summed E-state index contributed by atoms with van der Waals surface area (Å²) in [6, 6.07) is 1.45. The van der Waals surface area contributed by atoms with Gasteiger partial charge in [-0.1, -0.05) is 0 Å². The van der Waals surface area contributed by atoms with Gasteiger partial charge in [0.15, 0.2) is 0 Å². The molecule has 2 heterocycles. The number of aliphatic hydroxyl groups excluding tert-OH is 1. The lowest BCUT2D eigenvalue weighted by molar-refractivity contribution is 0.0693. The summed E-state index contributed by atoms with van der Waals surface area (Å²) in [5.41, 5.74) is 0.205. The van der Waals surface area contributed by atoms with Crippen LogP contribution in [0.1, 0.15) is 22.5 Å². The third-order valence-corrected chi connectivity index (χ3v) is 2.59. The van der Waals surface area contributed by atoms with Gasteiger partial charge in [0.1, 0.15) is 11.3 Å².